The average Bonchev–Trinajstić information content (AvgIpc) is 3.16. The molecule has 1 aromatic carbocycles. The first-order valence-electron chi connectivity index (χ1n) is 7.01. The van der Waals surface area contributed by atoms with Crippen LogP contribution >= 0.6 is 0 Å². The molecule has 7 nitrogen and oxygen atoms in total. The highest BCUT2D eigenvalue weighted by molar-refractivity contribution is 5.50. The average molecular weight is 311 g/mol. The van der Waals surface area contributed by atoms with Crippen molar-refractivity contribution in [1.29, 1.82) is 0 Å². The van der Waals surface area contributed by atoms with E-state index in [4.69, 9.17) is 18.9 Å². The van der Waals surface area contributed by atoms with Crippen LogP contribution in [0.5, 0.6) is 5.75 Å². The quantitative estimate of drug-likeness (QED) is 0.253. The Morgan fingerprint density at radius 1 is 1.36 bits per heavy atom. The standard InChI is InChI=1S/C15H21NO6/c1-15(2,3)22-12-7-10(5-6-11(12)16(17)18)14-13(21-14)8-20-9-19-4/h5-7,13-14H,8-9H2,1-4H3/t13-,14-/m1/s1. The maximum absolute atomic E-state index is 11.1. The van der Waals surface area contributed by atoms with Crippen molar-refractivity contribution in [3.05, 3.63) is 33.9 Å². The predicted molar refractivity (Wildman–Crippen MR) is 78.9 cm³/mol. The number of methoxy groups -OCH3 is 1. The number of rotatable bonds is 7. The number of epoxide rings is 1. The molecular formula is C15H21NO6. The molecule has 1 aliphatic heterocycles. The van der Waals surface area contributed by atoms with Crippen molar-refractivity contribution in [2.24, 2.45) is 0 Å². The van der Waals surface area contributed by atoms with Crippen molar-refractivity contribution in [3.8, 4) is 5.75 Å². The zero-order valence-corrected chi connectivity index (χ0v) is 13.2. The molecule has 0 spiro atoms. The summed E-state index contributed by atoms with van der Waals surface area (Å²) in [4.78, 5) is 10.7. The lowest BCUT2D eigenvalue weighted by atomic mass is 10.1. The Bertz CT molecular complexity index is 539. The van der Waals surface area contributed by atoms with Gasteiger partial charge in [-0.25, -0.2) is 0 Å². The highest BCUT2D eigenvalue weighted by atomic mass is 16.7. The summed E-state index contributed by atoms with van der Waals surface area (Å²) in [6.07, 6.45) is -0.181. The van der Waals surface area contributed by atoms with Crippen molar-refractivity contribution in [3.63, 3.8) is 0 Å². The van der Waals surface area contributed by atoms with Crippen LogP contribution in [-0.4, -0.2) is 37.1 Å². The van der Waals surface area contributed by atoms with Crippen LogP contribution in [0.4, 0.5) is 5.69 Å². The Labute approximate surface area is 129 Å². The van der Waals surface area contributed by atoms with E-state index in [9.17, 15) is 10.1 Å². The number of ether oxygens (including phenoxy) is 4. The fourth-order valence-electron chi connectivity index (χ4n) is 2.08. The minimum Gasteiger partial charge on any atom is -0.481 e. The Hall–Kier alpha value is -1.70. The van der Waals surface area contributed by atoms with Crippen molar-refractivity contribution >= 4 is 5.69 Å². The molecule has 0 N–H and O–H groups in total. The van der Waals surface area contributed by atoms with E-state index in [1.54, 1.807) is 19.2 Å². The second-order valence-corrected chi connectivity index (χ2v) is 6.07. The molecule has 1 aromatic rings. The molecule has 0 amide bonds. The van der Waals surface area contributed by atoms with Gasteiger partial charge in [0.1, 0.15) is 24.6 Å². The third kappa shape index (κ3) is 4.40. The normalized spacial score (nSPS) is 20.7. The Morgan fingerprint density at radius 3 is 2.68 bits per heavy atom. The highest BCUT2D eigenvalue weighted by Crippen LogP contribution is 2.42. The van der Waals surface area contributed by atoms with Gasteiger partial charge in [-0.15, -0.1) is 0 Å². The molecule has 0 radical (unpaired) electrons. The lowest BCUT2D eigenvalue weighted by molar-refractivity contribution is -0.386. The topological polar surface area (TPSA) is 83.4 Å². The van der Waals surface area contributed by atoms with Crippen LogP contribution in [0.15, 0.2) is 18.2 Å². The first-order chi connectivity index (χ1) is 10.3. The zero-order valence-electron chi connectivity index (χ0n) is 13.2. The molecule has 1 saturated heterocycles. The Morgan fingerprint density at radius 2 is 2.09 bits per heavy atom. The van der Waals surface area contributed by atoms with Gasteiger partial charge in [0.2, 0.25) is 0 Å². The lowest BCUT2D eigenvalue weighted by Gasteiger charge is -2.21. The van der Waals surface area contributed by atoms with Gasteiger partial charge >= 0.3 is 5.69 Å². The van der Waals surface area contributed by atoms with Crippen LogP contribution in [0.1, 0.15) is 32.4 Å². The fourth-order valence-corrected chi connectivity index (χ4v) is 2.08. The molecule has 0 saturated carbocycles. The monoisotopic (exact) mass is 311 g/mol. The van der Waals surface area contributed by atoms with Crippen LogP contribution in [0.3, 0.4) is 0 Å². The molecule has 22 heavy (non-hydrogen) atoms. The van der Waals surface area contributed by atoms with Gasteiger partial charge in [-0.2, -0.15) is 0 Å². The van der Waals surface area contributed by atoms with E-state index in [1.807, 2.05) is 20.8 Å². The molecule has 0 aliphatic carbocycles. The number of benzene rings is 1. The van der Waals surface area contributed by atoms with E-state index in [0.29, 0.717) is 6.61 Å². The van der Waals surface area contributed by atoms with Crippen molar-refractivity contribution < 1.29 is 23.9 Å². The molecule has 0 bridgehead atoms. The first kappa shape index (κ1) is 16.7. The van der Waals surface area contributed by atoms with E-state index in [2.05, 4.69) is 0 Å². The summed E-state index contributed by atoms with van der Waals surface area (Å²) in [7, 11) is 1.55. The number of nitrogens with zero attached hydrogens (tertiary/aromatic N) is 1. The van der Waals surface area contributed by atoms with E-state index in [-0.39, 0.29) is 30.4 Å². The van der Waals surface area contributed by atoms with Gasteiger partial charge in [-0.1, -0.05) is 0 Å². The molecule has 7 heteroatoms. The van der Waals surface area contributed by atoms with Crippen LogP contribution in [0.25, 0.3) is 0 Å². The summed E-state index contributed by atoms with van der Waals surface area (Å²) in [5.74, 6) is 0.252. The fraction of sp³-hybridized carbons (Fsp3) is 0.600. The zero-order chi connectivity index (χ0) is 16.3. The van der Waals surface area contributed by atoms with Gasteiger partial charge < -0.3 is 18.9 Å². The van der Waals surface area contributed by atoms with Crippen molar-refractivity contribution in [2.45, 2.75) is 38.6 Å². The second kappa shape index (κ2) is 6.60. The Balaban J connectivity index is 2.11. The molecule has 122 valence electrons. The van der Waals surface area contributed by atoms with E-state index in [0.717, 1.165) is 5.56 Å². The number of hydrogen-bond donors (Lipinski definition) is 0. The number of nitro benzene ring substituents is 1. The predicted octanol–water partition coefficient (Wildman–Crippen LogP) is 2.83. The molecule has 1 aliphatic rings. The molecule has 0 unspecified atom stereocenters. The van der Waals surface area contributed by atoms with E-state index in [1.165, 1.54) is 6.07 Å². The lowest BCUT2D eigenvalue weighted by Crippen LogP contribution is -2.23. The van der Waals surface area contributed by atoms with Crippen LogP contribution < -0.4 is 4.74 Å². The van der Waals surface area contributed by atoms with Gasteiger partial charge in [0, 0.05) is 13.2 Å². The van der Waals surface area contributed by atoms with Gasteiger partial charge in [-0.3, -0.25) is 10.1 Å². The third-order valence-electron chi connectivity index (χ3n) is 2.99. The van der Waals surface area contributed by atoms with Crippen LogP contribution in [0, 0.1) is 10.1 Å². The van der Waals surface area contributed by atoms with Gasteiger partial charge in [0.25, 0.3) is 0 Å². The molecule has 1 fully saturated rings. The van der Waals surface area contributed by atoms with Crippen molar-refractivity contribution in [2.75, 3.05) is 20.5 Å². The molecule has 1 heterocycles. The molecule has 0 aromatic heterocycles. The van der Waals surface area contributed by atoms with Crippen molar-refractivity contribution in [1.82, 2.24) is 0 Å². The number of hydrogen-bond acceptors (Lipinski definition) is 6. The second-order valence-electron chi connectivity index (χ2n) is 6.07. The summed E-state index contributed by atoms with van der Waals surface area (Å²) < 4.78 is 21.3. The van der Waals surface area contributed by atoms with E-state index >= 15 is 0 Å². The Kier molecular flexibility index (Phi) is 5.00. The molecular weight excluding hydrogens is 290 g/mol. The summed E-state index contributed by atoms with van der Waals surface area (Å²) in [5, 5.41) is 11.1. The largest absolute Gasteiger partial charge is 0.481 e. The van der Waals surface area contributed by atoms with Crippen LogP contribution in [0.2, 0.25) is 0 Å². The summed E-state index contributed by atoms with van der Waals surface area (Å²) in [5.41, 5.74) is 0.275. The third-order valence-corrected chi connectivity index (χ3v) is 2.99. The minimum atomic E-state index is -0.519. The summed E-state index contributed by atoms with van der Waals surface area (Å²) in [6, 6.07) is 4.81. The summed E-state index contributed by atoms with van der Waals surface area (Å²) in [6.45, 7) is 6.17. The SMILES string of the molecule is COCOC[C@H]1O[C@@H]1c1ccc([N+](=O)[O-])c(OC(C)(C)C)c1. The van der Waals surface area contributed by atoms with Gasteiger partial charge in [0.05, 0.1) is 11.5 Å². The smallest absolute Gasteiger partial charge is 0.310 e. The minimum absolute atomic E-state index is 0.0495. The summed E-state index contributed by atoms with van der Waals surface area (Å²) >= 11 is 0. The highest BCUT2D eigenvalue weighted by Gasteiger charge is 2.41. The maximum atomic E-state index is 11.1. The first-order valence-corrected chi connectivity index (χ1v) is 7.01. The van der Waals surface area contributed by atoms with Crippen LogP contribution in [-0.2, 0) is 14.2 Å². The van der Waals surface area contributed by atoms with E-state index < -0.39 is 10.5 Å². The maximum Gasteiger partial charge on any atom is 0.310 e. The number of nitro groups is 1. The van der Waals surface area contributed by atoms with Gasteiger partial charge in [0.15, 0.2) is 5.75 Å². The van der Waals surface area contributed by atoms with Gasteiger partial charge in [-0.05, 0) is 38.5 Å². The molecule has 2 atom stereocenters. The molecule has 2 rings (SSSR count).